The molecule has 0 radical (unpaired) electrons. The van der Waals surface area contributed by atoms with Crippen molar-refractivity contribution in [2.75, 3.05) is 7.05 Å². The van der Waals surface area contributed by atoms with Gasteiger partial charge in [0.2, 0.25) is 5.91 Å². The van der Waals surface area contributed by atoms with Crippen LogP contribution in [-0.4, -0.2) is 13.0 Å². The highest BCUT2D eigenvalue weighted by Crippen LogP contribution is 2.39. The molecule has 1 aliphatic carbocycles. The van der Waals surface area contributed by atoms with Gasteiger partial charge in [0.15, 0.2) is 0 Å². The number of carbonyl (C=O) groups is 1. The van der Waals surface area contributed by atoms with Crippen LogP contribution in [-0.2, 0) is 4.79 Å². The van der Waals surface area contributed by atoms with E-state index in [9.17, 15) is 4.79 Å². The zero-order valence-corrected chi connectivity index (χ0v) is 11.4. The molecule has 2 nitrogen and oxygen atoms in total. The quantitative estimate of drug-likeness (QED) is 0.865. The lowest BCUT2D eigenvalue weighted by Gasteiger charge is -2.23. The van der Waals surface area contributed by atoms with E-state index in [0.717, 1.165) is 0 Å². The lowest BCUT2D eigenvalue weighted by molar-refractivity contribution is -0.121. The van der Waals surface area contributed by atoms with Gasteiger partial charge in [-0.25, -0.2) is 0 Å². The first-order valence-corrected chi connectivity index (χ1v) is 6.98. The summed E-state index contributed by atoms with van der Waals surface area (Å²) in [5.74, 6) is 1.24. The van der Waals surface area contributed by atoms with Gasteiger partial charge in [-0.2, -0.15) is 0 Å². The van der Waals surface area contributed by atoms with Crippen LogP contribution >= 0.6 is 0 Å². The number of benzene rings is 1. The highest BCUT2D eigenvalue weighted by atomic mass is 16.1. The van der Waals surface area contributed by atoms with Gasteiger partial charge in [-0.3, -0.25) is 4.79 Å². The molecule has 1 saturated carbocycles. The Morgan fingerprint density at radius 3 is 2.44 bits per heavy atom. The van der Waals surface area contributed by atoms with Crippen LogP contribution in [0.2, 0.25) is 0 Å². The molecule has 1 amide bonds. The average Bonchev–Trinajstić information content (AvgIpc) is 2.90. The van der Waals surface area contributed by atoms with Gasteiger partial charge in [0.05, 0.1) is 0 Å². The Hall–Kier alpha value is -1.31. The Balaban J connectivity index is 2.17. The van der Waals surface area contributed by atoms with Gasteiger partial charge in [0.25, 0.3) is 0 Å². The molecule has 0 aromatic heterocycles. The molecule has 0 saturated heterocycles. The van der Waals surface area contributed by atoms with Gasteiger partial charge in [-0.05, 0) is 37.2 Å². The van der Waals surface area contributed by atoms with E-state index < -0.39 is 0 Å². The number of aryl methyl sites for hydroxylation is 1. The number of hydrogen-bond donors (Lipinski definition) is 1. The summed E-state index contributed by atoms with van der Waals surface area (Å²) in [6.45, 7) is 2.10. The van der Waals surface area contributed by atoms with E-state index in [1.54, 1.807) is 7.05 Å². The van der Waals surface area contributed by atoms with E-state index in [2.05, 4.69) is 36.5 Å². The molecule has 1 fully saturated rings. The van der Waals surface area contributed by atoms with Crippen molar-refractivity contribution in [2.24, 2.45) is 5.92 Å². The third-order valence-corrected chi connectivity index (χ3v) is 4.16. The molecule has 98 valence electrons. The summed E-state index contributed by atoms with van der Waals surface area (Å²) in [6, 6.07) is 8.70. The topological polar surface area (TPSA) is 29.1 Å². The summed E-state index contributed by atoms with van der Waals surface area (Å²) in [5.41, 5.74) is 2.61. The fraction of sp³-hybridized carbons (Fsp3) is 0.562. The van der Waals surface area contributed by atoms with Crippen molar-refractivity contribution >= 4 is 5.91 Å². The fourth-order valence-electron chi connectivity index (χ4n) is 3.03. The maximum atomic E-state index is 11.7. The average molecular weight is 245 g/mol. The van der Waals surface area contributed by atoms with E-state index >= 15 is 0 Å². The zero-order chi connectivity index (χ0) is 13.0. The summed E-state index contributed by atoms with van der Waals surface area (Å²) < 4.78 is 0. The largest absolute Gasteiger partial charge is 0.359 e. The molecule has 1 aliphatic rings. The minimum atomic E-state index is 0.160. The smallest absolute Gasteiger partial charge is 0.220 e. The number of hydrogen-bond acceptors (Lipinski definition) is 1. The predicted octanol–water partition coefficient (Wildman–Crippen LogP) is 3.40. The van der Waals surface area contributed by atoms with E-state index in [0.29, 0.717) is 18.3 Å². The van der Waals surface area contributed by atoms with Crippen molar-refractivity contribution in [1.82, 2.24) is 5.32 Å². The lowest BCUT2D eigenvalue weighted by atomic mass is 9.82. The molecule has 2 rings (SSSR count). The third kappa shape index (κ3) is 3.12. The minimum absolute atomic E-state index is 0.160. The molecule has 1 N–H and O–H groups in total. The molecule has 0 heterocycles. The van der Waals surface area contributed by atoms with Crippen LogP contribution in [0.4, 0.5) is 0 Å². The second-order valence-electron chi connectivity index (χ2n) is 5.44. The first-order chi connectivity index (χ1) is 8.70. The molecule has 1 unspecified atom stereocenters. The van der Waals surface area contributed by atoms with Crippen LogP contribution in [0.1, 0.15) is 49.1 Å². The van der Waals surface area contributed by atoms with Crippen molar-refractivity contribution in [3.8, 4) is 0 Å². The van der Waals surface area contributed by atoms with E-state index in [4.69, 9.17) is 0 Å². The molecule has 18 heavy (non-hydrogen) atoms. The summed E-state index contributed by atoms with van der Waals surface area (Å²) in [4.78, 5) is 11.7. The summed E-state index contributed by atoms with van der Waals surface area (Å²) in [6.07, 6.45) is 5.82. The first kappa shape index (κ1) is 13.1. The van der Waals surface area contributed by atoms with Crippen molar-refractivity contribution < 1.29 is 4.79 Å². The lowest BCUT2D eigenvalue weighted by Crippen LogP contribution is -2.23. The zero-order valence-electron chi connectivity index (χ0n) is 11.4. The summed E-state index contributed by atoms with van der Waals surface area (Å²) in [7, 11) is 1.73. The molecule has 1 atom stereocenters. The first-order valence-electron chi connectivity index (χ1n) is 6.98. The van der Waals surface area contributed by atoms with Crippen LogP contribution in [0.25, 0.3) is 0 Å². The molecule has 1 aromatic rings. The van der Waals surface area contributed by atoms with Crippen molar-refractivity contribution in [3.63, 3.8) is 0 Å². The van der Waals surface area contributed by atoms with Gasteiger partial charge in [-0.15, -0.1) is 0 Å². The van der Waals surface area contributed by atoms with Crippen molar-refractivity contribution in [2.45, 2.75) is 44.9 Å². The van der Waals surface area contributed by atoms with Crippen LogP contribution in [0.5, 0.6) is 0 Å². The van der Waals surface area contributed by atoms with Crippen LogP contribution in [0, 0.1) is 12.8 Å². The normalized spacial score (nSPS) is 17.7. The van der Waals surface area contributed by atoms with Crippen molar-refractivity contribution in [3.05, 3.63) is 35.4 Å². The maximum Gasteiger partial charge on any atom is 0.220 e. The van der Waals surface area contributed by atoms with Gasteiger partial charge >= 0.3 is 0 Å². The predicted molar refractivity (Wildman–Crippen MR) is 74.6 cm³/mol. The Morgan fingerprint density at radius 1 is 1.28 bits per heavy atom. The Labute approximate surface area is 110 Å². The second-order valence-corrected chi connectivity index (χ2v) is 5.44. The molecular weight excluding hydrogens is 222 g/mol. The molecule has 0 bridgehead atoms. The molecule has 0 aliphatic heterocycles. The molecular formula is C16H23NO. The van der Waals surface area contributed by atoms with Gasteiger partial charge in [0, 0.05) is 13.5 Å². The molecule has 0 spiro atoms. The van der Waals surface area contributed by atoms with Crippen LogP contribution in [0.15, 0.2) is 24.3 Å². The molecule has 2 heteroatoms. The monoisotopic (exact) mass is 245 g/mol. The number of carbonyl (C=O) groups excluding carboxylic acids is 1. The van der Waals surface area contributed by atoms with E-state index in [1.807, 2.05) is 0 Å². The highest BCUT2D eigenvalue weighted by molar-refractivity contribution is 5.76. The van der Waals surface area contributed by atoms with Gasteiger partial charge < -0.3 is 5.32 Å². The highest BCUT2D eigenvalue weighted by Gasteiger charge is 2.27. The fourth-order valence-corrected chi connectivity index (χ4v) is 3.03. The molecule has 1 aromatic carbocycles. The van der Waals surface area contributed by atoms with Crippen LogP contribution < -0.4 is 5.32 Å². The number of rotatable bonds is 4. The standard InChI is InChI=1S/C16H23NO/c1-12-7-9-14(10-8-12)15(11-16(18)17-2)13-5-3-4-6-13/h7-10,13,15H,3-6,11H2,1-2H3,(H,17,18). The second kappa shape index (κ2) is 6.03. The van der Waals surface area contributed by atoms with Gasteiger partial charge in [-0.1, -0.05) is 42.7 Å². The SMILES string of the molecule is CNC(=O)CC(c1ccc(C)cc1)C1CCCC1. The maximum absolute atomic E-state index is 11.7. The number of nitrogens with one attached hydrogen (secondary N) is 1. The Bertz CT molecular complexity index is 390. The number of amides is 1. The Morgan fingerprint density at radius 2 is 1.89 bits per heavy atom. The minimum Gasteiger partial charge on any atom is -0.359 e. The van der Waals surface area contributed by atoms with Gasteiger partial charge in [0.1, 0.15) is 0 Å². The van der Waals surface area contributed by atoms with Crippen LogP contribution in [0.3, 0.4) is 0 Å². The van der Waals surface area contributed by atoms with E-state index in [1.165, 1.54) is 36.8 Å². The summed E-state index contributed by atoms with van der Waals surface area (Å²) in [5, 5.41) is 2.76. The third-order valence-electron chi connectivity index (χ3n) is 4.16. The summed E-state index contributed by atoms with van der Waals surface area (Å²) >= 11 is 0. The Kier molecular flexibility index (Phi) is 4.40. The van der Waals surface area contributed by atoms with E-state index in [-0.39, 0.29) is 5.91 Å². The van der Waals surface area contributed by atoms with Crippen molar-refractivity contribution in [1.29, 1.82) is 0 Å².